The second kappa shape index (κ2) is 12.5. The summed E-state index contributed by atoms with van der Waals surface area (Å²) >= 11 is 12.1. The first-order valence-electron chi connectivity index (χ1n) is 7.83. The molecule has 0 bridgehead atoms. The SMILES string of the molecule is CCO[P+](S)(OCC)SC1OCCOC1S[P+](S)(OCC)OCC. The van der Waals surface area contributed by atoms with E-state index >= 15 is 0 Å². The van der Waals surface area contributed by atoms with Gasteiger partial charge in [0.2, 0.25) is 0 Å². The second-order valence-corrected chi connectivity index (χ2v) is 17.5. The van der Waals surface area contributed by atoms with E-state index in [9.17, 15) is 0 Å². The number of ether oxygens (including phenoxy) is 2. The van der Waals surface area contributed by atoms with Crippen molar-refractivity contribution in [2.24, 2.45) is 0 Å². The first-order valence-corrected chi connectivity index (χ1v) is 16.4. The summed E-state index contributed by atoms with van der Waals surface area (Å²) in [5, 5.41) is 0. The van der Waals surface area contributed by atoms with Gasteiger partial charge in [0.15, 0.2) is 10.9 Å². The summed E-state index contributed by atoms with van der Waals surface area (Å²) in [4.78, 5) is 0. The molecule has 1 heterocycles. The zero-order valence-corrected chi connectivity index (χ0v) is 19.7. The molecule has 12 heteroatoms. The Labute approximate surface area is 164 Å². The summed E-state index contributed by atoms with van der Waals surface area (Å²) in [5.41, 5.74) is -0.583. The molecular weight excluding hydrogens is 430 g/mol. The van der Waals surface area contributed by atoms with Crippen LogP contribution in [0.1, 0.15) is 27.7 Å². The maximum absolute atomic E-state index is 5.89. The lowest BCUT2D eigenvalue weighted by molar-refractivity contribution is -0.0654. The zero-order valence-electron chi connectivity index (χ0n) is 14.5. The third-order valence-electron chi connectivity index (χ3n) is 2.51. The van der Waals surface area contributed by atoms with Crippen molar-refractivity contribution in [1.82, 2.24) is 0 Å². The van der Waals surface area contributed by atoms with Crippen molar-refractivity contribution in [3.63, 3.8) is 0 Å². The van der Waals surface area contributed by atoms with Gasteiger partial charge in [0, 0.05) is 0 Å². The van der Waals surface area contributed by atoms with Gasteiger partial charge in [0.05, 0.1) is 64.1 Å². The minimum absolute atomic E-state index is 0.292. The predicted octanol–water partition coefficient (Wildman–Crippen LogP) is 5.51. The van der Waals surface area contributed by atoms with Gasteiger partial charge in [-0.1, -0.05) is 0 Å². The highest BCUT2D eigenvalue weighted by Crippen LogP contribution is 2.81. The molecule has 1 aliphatic heterocycles. The normalized spacial score (nSPS) is 22.8. The van der Waals surface area contributed by atoms with Gasteiger partial charge in [-0.2, -0.15) is 18.1 Å². The van der Waals surface area contributed by atoms with Gasteiger partial charge >= 0.3 is 12.2 Å². The van der Waals surface area contributed by atoms with Crippen LogP contribution in [0.25, 0.3) is 0 Å². The fourth-order valence-electron chi connectivity index (χ4n) is 1.76. The Kier molecular flexibility index (Phi) is 12.5. The van der Waals surface area contributed by atoms with Crippen molar-refractivity contribution >= 4 is 59.5 Å². The Bertz CT molecular complexity index is 314. The molecule has 0 aromatic carbocycles. The van der Waals surface area contributed by atoms with E-state index in [4.69, 9.17) is 27.6 Å². The molecule has 2 unspecified atom stereocenters. The van der Waals surface area contributed by atoms with Crippen molar-refractivity contribution in [2.45, 2.75) is 38.6 Å². The molecule has 0 aromatic heterocycles. The lowest BCUT2D eigenvalue weighted by atomic mass is 10.6. The van der Waals surface area contributed by atoms with Gasteiger partial charge in [-0.3, -0.25) is 0 Å². The molecule has 1 rings (SSSR count). The molecule has 0 spiro atoms. The third kappa shape index (κ3) is 8.36. The van der Waals surface area contributed by atoms with E-state index < -0.39 is 12.2 Å². The maximum atomic E-state index is 5.89. The van der Waals surface area contributed by atoms with Crippen LogP contribution in [0.5, 0.6) is 0 Å². The van der Waals surface area contributed by atoms with E-state index in [0.717, 1.165) is 0 Å². The van der Waals surface area contributed by atoms with Crippen LogP contribution in [0.15, 0.2) is 0 Å². The molecule has 144 valence electrons. The van der Waals surface area contributed by atoms with Gasteiger partial charge in [-0.05, 0) is 27.7 Å². The van der Waals surface area contributed by atoms with Gasteiger partial charge in [-0.25, -0.2) is 0 Å². The Hall–Kier alpha value is 2.02. The average molecular weight is 459 g/mol. The number of hydrogen-bond donors (Lipinski definition) is 2. The lowest BCUT2D eigenvalue weighted by Crippen LogP contribution is -2.34. The first kappa shape index (κ1) is 24.1. The van der Waals surface area contributed by atoms with E-state index in [-0.39, 0.29) is 10.9 Å². The van der Waals surface area contributed by atoms with Crippen molar-refractivity contribution in [3.8, 4) is 0 Å². The standard InChI is InChI=1S/C12H28O6P2S4/c1-5-15-19(21,16-6-2)23-11-12(14-10-9-13-11)24-20(22,17-7-3)18-8-4/h11-12,21-22H,5-10H2,1-4H3/q+2. The fourth-order valence-corrected chi connectivity index (χ4v) is 13.1. The molecule has 2 atom stereocenters. The van der Waals surface area contributed by atoms with E-state index in [0.29, 0.717) is 39.6 Å². The van der Waals surface area contributed by atoms with E-state index in [2.05, 4.69) is 24.5 Å². The second-order valence-electron chi connectivity index (χ2n) is 4.30. The Morgan fingerprint density at radius 3 is 1.29 bits per heavy atom. The molecule has 6 nitrogen and oxygen atoms in total. The molecule has 0 aromatic rings. The molecule has 0 radical (unpaired) electrons. The average Bonchev–Trinajstić information content (AvgIpc) is 2.50. The van der Waals surface area contributed by atoms with Crippen LogP contribution in [0.4, 0.5) is 0 Å². The summed E-state index contributed by atoms with van der Waals surface area (Å²) < 4.78 is 34.8. The highest BCUT2D eigenvalue weighted by molar-refractivity contribution is 8.88. The highest BCUT2D eigenvalue weighted by atomic mass is 33.1. The largest absolute Gasteiger partial charge is 0.395 e. The van der Waals surface area contributed by atoms with Crippen LogP contribution in [0.3, 0.4) is 0 Å². The quantitative estimate of drug-likeness (QED) is 0.293. The van der Waals surface area contributed by atoms with Gasteiger partial charge in [0.1, 0.15) is 22.8 Å². The summed E-state index contributed by atoms with van der Waals surface area (Å²) in [7, 11) is 0. The zero-order chi connectivity index (χ0) is 18.1. The smallest absolute Gasteiger partial charge is 0.357 e. The summed E-state index contributed by atoms with van der Waals surface area (Å²) in [6.07, 6.45) is -4.75. The molecule has 0 N–H and O–H groups in total. The van der Waals surface area contributed by atoms with Gasteiger partial charge in [-0.15, -0.1) is 0 Å². The maximum Gasteiger partial charge on any atom is 0.395 e. The van der Waals surface area contributed by atoms with E-state index in [1.807, 2.05) is 27.7 Å². The van der Waals surface area contributed by atoms with Crippen LogP contribution in [-0.4, -0.2) is 50.5 Å². The topological polar surface area (TPSA) is 55.4 Å². The predicted molar refractivity (Wildman–Crippen MR) is 113 cm³/mol. The number of hydrogen-bond acceptors (Lipinski definition) is 10. The van der Waals surface area contributed by atoms with Crippen molar-refractivity contribution in [2.75, 3.05) is 39.6 Å². The molecule has 24 heavy (non-hydrogen) atoms. The van der Waals surface area contributed by atoms with Gasteiger partial charge in [0.25, 0.3) is 0 Å². The molecular formula is C12H28O6P2S4+2. The first-order chi connectivity index (χ1) is 11.4. The van der Waals surface area contributed by atoms with Crippen LogP contribution in [0.2, 0.25) is 0 Å². The Balaban J connectivity index is 2.79. The third-order valence-corrected chi connectivity index (χ3v) is 13.9. The van der Waals surface area contributed by atoms with Gasteiger partial charge < -0.3 is 9.47 Å². The Morgan fingerprint density at radius 2 is 1.04 bits per heavy atom. The van der Waals surface area contributed by atoms with Crippen LogP contribution >= 0.6 is 59.5 Å². The Morgan fingerprint density at radius 1 is 0.750 bits per heavy atom. The van der Waals surface area contributed by atoms with Crippen LogP contribution < -0.4 is 0 Å². The summed E-state index contributed by atoms with van der Waals surface area (Å²) in [5.74, 6) is 0. The number of rotatable bonds is 12. The van der Waals surface area contributed by atoms with Crippen molar-refractivity contribution < 1.29 is 27.6 Å². The molecule has 0 aliphatic carbocycles. The molecule has 0 amide bonds. The summed E-state index contributed by atoms with van der Waals surface area (Å²) in [6, 6.07) is 0. The van der Waals surface area contributed by atoms with E-state index in [1.54, 1.807) is 0 Å². The number of thiol groups is 2. The monoisotopic (exact) mass is 458 g/mol. The molecule has 1 fully saturated rings. The van der Waals surface area contributed by atoms with E-state index in [1.165, 1.54) is 22.8 Å². The molecule has 1 saturated heterocycles. The van der Waals surface area contributed by atoms with Crippen LogP contribution in [0, 0.1) is 0 Å². The molecule has 0 saturated carbocycles. The lowest BCUT2D eigenvalue weighted by Gasteiger charge is -2.31. The highest BCUT2D eigenvalue weighted by Gasteiger charge is 2.53. The minimum Gasteiger partial charge on any atom is -0.357 e. The fraction of sp³-hybridized carbons (Fsp3) is 1.00. The minimum atomic E-state index is -2.37. The van der Waals surface area contributed by atoms with Crippen molar-refractivity contribution in [1.29, 1.82) is 0 Å². The molecule has 1 aliphatic rings. The van der Waals surface area contributed by atoms with Crippen LogP contribution in [-0.2, 0) is 27.6 Å². The van der Waals surface area contributed by atoms with Crippen molar-refractivity contribution in [3.05, 3.63) is 0 Å². The summed E-state index contributed by atoms with van der Waals surface area (Å²) in [6.45, 7) is 10.8.